The number of aryl methyl sites for hydroxylation is 2. The van der Waals surface area contributed by atoms with Crippen molar-refractivity contribution >= 4 is 28.2 Å². The Morgan fingerprint density at radius 3 is 2.58 bits per heavy atom. The molecule has 0 bridgehead atoms. The number of fused-ring (bicyclic) bond motifs is 1. The van der Waals surface area contributed by atoms with E-state index in [1.54, 1.807) is 0 Å². The van der Waals surface area contributed by atoms with Crippen molar-refractivity contribution in [2.75, 3.05) is 19.0 Å². The fraction of sp³-hybridized carbons (Fsp3) is 0.333. The zero-order valence-electron chi connectivity index (χ0n) is 19.3. The lowest BCUT2D eigenvalue weighted by Gasteiger charge is -2.17. The maximum atomic E-state index is 12.7. The summed E-state index contributed by atoms with van der Waals surface area (Å²) < 4.78 is 10.8. The zero-order valence-corrected chi connectivity index (χ0v) is 20.1. The van der Waals surface area contributed by atoms with Gasteiger partial charge in [0.25, 0.3) is 5.91 Å². The first-order valence-corrected chi connectivity index (χ1v) is 12.2. The monoisotopic (exact) mass is 463 g/mol. The van der Waals surface area contributed by atoms with Gasteiger partial charge in [0.05, 0.1) is 7.11 Å². The Morgan fingerprint density at radius 1 is 1.06 bits per heavy atom. The Hall–Kier alpha value is -3.12. The Balaban J connectivity index is 1.54. The number of hydrogen-bond acceptors (Lipinski definition) is 5. The van der Waals surface area contributed by atoms with Crippen LogP contribution in [0.4, 0.5) is 5.00 Å². The second kappa shape index (κ2) is 10.2. The normalized spacial score (nSPS) is 12.8. The molecule has 6 heteroatoms. The maximum absolute atomic E-state index is 12.7. The van der Waals surface area contributed by atoms with E-state index in [9.17, 15) is 9.59 Å². The van der Waals surface area contributed by atoms with Crippen LogP contribution in [0.3, 0.4) is 0 Å². The number of ether oxygens (including phenoxy) is 2. The molecule has 1 amide bonds. The summed E-state index contributed by atoms with van der Waals surface area (Å²) in [6.07, 6.45) is 4.56. The minimum Gasteiger partial charge on any atom is -0.483 e. The number of esters is 1. The average Bonchev–Trinajstić information content (AvgIpc) is 3.25. The predicted octanol–water partition coefficient (Wildman–Crippen LogP) is 6.22. The van der Waals surface area contributed by atoms with Crippen LogP contribution in [0, 0.1) is 0 Å². The molecule has 0 aliphatic heterocycles. The van der Waals surface area contributed by atoms with Crippen LogP contribution in [0.5, 0.6) is 5.75 Å². The summed E-state index contributed by atoms with van der Waals surface area (Å²) in [6.45, 7) is 4.02. The molecule has 1 aromatic heterocycles. The Morgan fingerprint density at radius 2 is 1.82 bits per heavy atom. The number of nitrogens with one attached hydrogen (secondary N) is 1. The zero-order chi connectivity index (χ0) is 23.4. The highest BCUT2D eigenvalue weighted by molar-refractivity contribution is 7.15. The molecule has 1 aliphatic rings. The van der Waals surface area contributed by atoms with Crippen LogP contribution in [0.15, 0.2) is 47.8 Å². The summed E-state index contributed by atoms with van der Waals surface area (Å²) in [6, 6.07) is 14.1. The highest BCUT2D eigenvalue weighted by Crippen LogP contribution is 2.38. The number of carbonyl (C=O) groups is 2. The standard InChI is InChI=1S/C27H29NO4S/c1-17(2)21-10-6-7-11-23(21)32-15-24(29)28-26-25(27(30)31-3)22(16-33-26)20-13-12-18-8-4-5-9-19(18)14-20/h6-7,10-14,16-17H,4-5,8-9,15H2,1-3H3,(H,28,29). The number of amides is 1. The summed E-state index contributed by atoms with van der Waals surface area (Å²) in [5.74, 6) is 0.186. The number of carbonyl (C=O) groups excluding carboxylic acids is 2. The van der Waals surface area contributed by atoms with E-state index < -0.39 is 5.97 Å². The number of rotatable bonds is 7. The van der Waals surface area contributed by atoms with Crippen molar-refractivity contribution in [3.05, 3.63) is 70.1 Å². The van der Waals surface area contributed by atoms with Gasteiger partial charge >= 0.3 is 5.97 Å². The van der Waals surface area contributed by atoms with Gasteiger partial charge in [-0.1, -0.05) is 50.2 Å². The molecule has 0 atom stereocenters. The van der Waals surface area contributed by atoms with E-state index in [1.807, 2.05) is 29.6 Å². The molecule has 4 rings (SSSR count). The minimum atomic E-state index is -0.467. The highest BCUT2D eigenvalue weighted by Gasteiger charge is 2.23. The van der Waals surface area contributed by atoms with E-state index in [1.165, 1.54) is 42.4 Å². The van der Waals surface area contributed by atoms with Crippen LogP contribution in [-0.4, -0.2) is 25.6 Å². The number of methoxy groups -OCH3 is 1. The average molecular weight is 464 g/mol. The molecule has 1 N–H and O–H groups in total. The van der Waals surface area contributed by atoms with Crippen LogP contribution in [0.25, 0.3) is 11.1 Å². The lowest BCUT2D eigenvalue weighted by Crippen LogP contribution is -2.21. The third-order valence-electron chi connectivity index (χ3n) is 5.99. The van der Waals surface area contributed by atoms with Gasteiger partial charge in [-0.3, -0.25) is 4.79 Å². The van der Waals surface area contributed by atoms with E-state index in [2.05, 4.69) is 37.4 Å². The molecule has 0 saturated heterocycles. The molecule has 33 heavy (non-hydrogen) atoms. The Kier molecular flexibility index (Phi) is 7.14. The molecule has 172 valence electrons. The molecule has 1 heterocycles. The topological polar surface area (TPSA) is 64.6 Å². The summed E-state index contributed by atoms with van der Waals surface area (Å²) in [5.41, 5.74) is 5.90. The van der Waals surface area contributed by atoms with Crippen molar-refractivity contribution in [2.45, 2.75) is 45.4 Å². The maximum Gasteiger partial charge on any atom is 0.341 e. The van der Waals surface area contributed by atoms with Crippen molar-refractivity contribution in [1.82, 2.24) is 0 Å². The largest absolute Gasteiger partial charge is 0.483 e. The lowest BCUT2D eigenvalue weighted by molar-refractivity contribution is -0.118. The molecule has 5 nitrogen and oxygen atoms in total. The third kappa shape index (κ3) is 5.11. The molecule has 0 spiro atoms. The van der Waals surface area contributed by atoms with Crippen LogP contribution in [0.2, 0.25) is 0 Å². The van der Waals surface area contributed by atoms with E-state index in [0.29, 0.717) is 16.3 Å². The molecule has 0 saturated carbocycles. The fourth-order valence-electron chi connectivity index (χ4n) is 4.26. The molecule has 0 unspecified atom stereocenters. The predicted molar refractivity (Wildman–Crippen MR) is 132 cm³/mol. The van der Waals surface area contributed by atoms with Crippen LogP contribution < -0.4 is 10.1 Å². The van der Waals surface area contributed by atoms with Crippen molar-refractivity contribution in [1.29, 1.82) is 0 Å². The Labute approximate surface area is 198 Å². The summed E-state index contributed by atoms with van der Waals surface area (Å²) in [4.78, 5) is 25.3. The van der Waals surface area contributed by atoms with Crippen molar-refractivity contribution < 1.29 is 19.1 Å². The molecular weight excluding hydrogens is 434 g/mol. The van der Waals surface area contributed by atoms with Crippen LogP contribution in [-0.2, 0) is 22.4 Å². The second-order valence-corrected chi connectivity index (χ2v) is 9.44. The van der Waals surface area contributed by atoms with Crippen molar-refractivity contribution in [2.24, 2.45) is 0 Å². The van der Waals surface area contributed by atoms with Gasteiger partial charge in [-0.25, -0.2) is 4.79 Å². The lowest BCUT2D eigenvalue weighted by atomic mass is 9.89. The van der Waals surface area contributed by atoms with Crippen LogP contribution in [0.1, 0.15) is 59.7 Å². The smallest absolute Gasteiger partial charge is 0.341 e. The molecule has 0 radical (unpaired) electrons. The van der Waals surface area contributed by atoms with Gasteiger partial charge in [-0.15, -0.1) is 11.3 Å². The first-order valence-electron chi connectivity index (χ1n) is 11.3. The number of benzene rings is 2. The summed E-state index contributed by atoms with van der Waals surface area (Å²) >= 11 is 1.32. The van der Waals surface area contributed by atoms with Gasteiger partial charge in [-0.05, 0) is 59.9 Å². The van der Waals surface area contributed by atoms with E-state index in [4.69, 9.17) is 9.47 Å². The quantitative estimate of drug-likeness (QED) is 0.422. The Bertz CT molecular complexity index is 1160. The molecule has 2 aromatic carbocycles. The van der Waals surface area contributed by atoms with E-state index in [0.717, 1.165) is 29.5 Å². The van der Waals surface area contributed by atoms with Gasteiger partial charge in [0.1, 0.15) is 16.3 Å². The van der Waals surface area contributed by atoms with Gasteiger partial charge in [-0.2, -0.15) is 0 Å². The van der Waals surface area contributed by atoms with Gasteiger partial charge in [0.2, 0.25) is 0 Å². The SMILES string of the molecule is COC(=O)c1c(-c2ccc3c(c2)CCCC3)csc1NC(=O)COc1ccccc1C(C)C. The number of para-hydroxylation sites is 1. The highest BCUT2D eigenvalue weighted by atomic mass is 32.1. The molecule has 1 aliphatic carbocycles. The van der Waals surface area contributed by atoms with Crippen molar-refractivity contribution in [3.8, 4) is 16.9 Å². The van der Waals surface area contributed by atoms with E-state index in [-0.39, 0.29) is 18.4 Å². The van der Waals surface area contributed by atoms with Gasteiger partial charge in [0, 0.05) is 10.9 Å². The first-order chi connectivity index (χ1) is 16.0. The van der Waals surface area contributed by atoms with E-state index >= 15 is 0 Å². The minimum absolute atomic E-state index is 0.142. The fourth-order valence-corrected chi connectivity index (χ4v) is 5.24. The third-order valence-corrected chi connectivity index (χ3v) is 6.89. The summed E-state index contributed by atoms with van der Waals surface area (Å²) in [7, 11) is 1.36. The first kappa shape index (κ1) is 23.1. The van der Waals surface area contributed by atoms with Crippen LogP contribution >= 0.6 is 11.3 Å². The van der Waals surface area contributed by atoms with Gasteiger partial charge < -0.3 is 14.8 Å². The summed E-state index contributed by atoms with van der Waals surface area (Å²) in [5, 5.41) is 5.23. The molecule has 0 fully saturated rings. The van der Waals surface area contributed by atoms with Gasteiger partial charge in [0.15, 0.2) is 6.61 Å². The van der Waals surface area contributed by atoms with Crippen molar-refractivity contribution in [3.63, 3.8) is 0 Å². The molecule has 3 aromatic rings. The molecular formula is C27H29NO4S. The second-order valence-electron chi connectivity index (χ2n) is 8.57. The number of anilines is 1. The number of hydrogen-bond donors (Lipinski definition) is 1. The number of thiophene rings is 1.